The van der Waals surface area contributed by atoms with Gasteiger partial charge in [-0.25, -0.2) is 19.2 Å². The van der Waals surface area contributed by atoms with Crippen LogP contribution in [0.2, 0.25) is 5.02 Å². The van der Waals surface area contributed by atoms with E-state index in [1.165, 1.54) is 0 Å². The van der Waals surface area contributed by atoms with Crippen LogP contribution in [-0.4, -0.2) is 61.8 Å². The van der Waals surface area contributed by atoms with Crippen molar-refractivity contribution in [1.82, 2.24) is 24.4 Å². The third kappa shape index (κ3) is 7.18. The Balaban J connectivity index is 1.42. The number of esters is 1. The molecule has 0 saturated carbocycles. The third-order valence-electron chi connectivity index (χ3n) is 7.76. The second kappa shape index (κ2) is 13.8. The summed E-state index contributed by atoms with van der Waals surface area (Å²) >= 11 is 10.1. The summed E-state index contributed by atoms with van der Waals surface area (Å²) in [6.45, 7) is 10.7. The molecule has 2 aromatic carbocycles. The molecule has 0 spiro atoms. The Morgan fingerprint density at radius 1 is 1.13 bits per heavy atom. The van der Waals surface area contributed by atoms with Crippen LogP contribution in [0.1, 0.15) is 50.9 Å². The van der Waals surface area contributed by atoms with Crippen LogP contribution in [0, 0.1) is 6.92 Å². The standard InChI is InChI=1S/C34H34ClIN5O4PS/c1-6-44-27(42)18-23-19(2)17-25-31(28(23)20-7-9-22(35)10-8-20)47-32(38-25)24-11-12-26-30(37-24)29(39-41(26)46-36)21-13-15-40(16-14-21)33(43)45-34(3,4)5/h7-13,17,46H,6,14-16,18H2,1-5H3. The fraction of sp³-hybridized carbons (Fsp3) is 0.324. The third-order valence-corrected chi connectivity index (χ3v) is 11.0. The maximum absolute atomic E-state index is 12.7. The second-order valence-corrected chi connectivity index (χ2v) is 15.7. The normalized spacial score (nSPS) is 13.9. The molecule has 3 aromatic heterocycles. The van der Waals surface area contributed by atoms with E-state index in [1.807, 2.05) is 81.5 Å². The number of nitrogens with zero attached hydrogens (tertiary/aromatic N) is 5. The van der Waals surface area contributed by atoms with Crippen LogP contribution in [-0.2, 0) is 20.7 Å². The number of thiazole rings is 1. The van der Waals surface area contributed by atoms with Gasteiger partial charge in [-0.2, -0.15) is 5.10 Å². The number of hydrogen-bond donors (Lipinski definition) is 0. The minimum atomic E-state index is -0.547. The molecule has 5 aromatic rings. The first kappa shape index (κ1) is 33.8. The van der Waals surface area contributed by atoms with Crippen molar-refractivity contribution in [3.05, 3.63) is 70.4 Å². The van der Waals surface area contributed by atoms with Gasteiger partial charge in [-0.3, -0.25) is 4.79 Å². The highest BCUT2D eigenvalue weighted by Crippen LogP contribution is 2.42. The monoisotopic (exact) mass is 801 g/mol. The SMILES string of the molecule is CCOC(=O)Cc1c(C)cc2nc(-c3ccc4c(n3)c(C3=CCN(C(=O)OC(C)(C)C)CC3)nn4PI)sc2c1-c1ccc(Cl)cc1. The van der Waals surface area contributed by atoms with Gasteiger partial charge in [-0.15, -0.1) is 11.3 Å². The predicted molar refractivity (Wildman–Crippen MR) is 200 cm³/mol. The van der Waals surface area contributed by atoms with Crippen LogP contribution in [0.5, 0.6) is 0 Å². The number of hydrogen-bond acceptors (Lipinski definition) is 8. The molecule has 4 heterocycles. The number of amides is 1. The summed E-state index contributed by atoms with van der Waals surface area (Å²) in [6, 6.07) is 13.7. The highest BCUT2D eigenvalue weighted by atomic mass is 127. The number of rotatable bonds is 7. The van der Waals surface area contributed by atoms with Gasteiger partial charge in [0.15, 0.2) is 0 Å². The van der Waals surface area contributed by atoms with E-state index >= 15 is 0 Å². The van der Waals surface area contributed by atoms with E-state index in [4.69, 9.17) is 36.1 Å². The van der Waals surface area contributed by atoms with Gasteiger partial charge in [0.2, 0.25) is 0 Å². The van der Waals surface area contributed by atoms with Crippen molar-refractivity contribution >= 4 is 90.2 Å². The molecule has 6 rings (SSSR count). The number of carbonyl (C=O) groups is 2. The molecule has 9 nitrogen and oxygen atoms in total. The fourth-order valence-corrected chi connectivity index (χ4v) is 8.37. The van der Waals surface area contributed by atoms with Crippen molar-refractivity contribution in [3.63, 3.8) is 0 Å². The zero-order valence-electron chi connectivity index (χ0n) is 26.7. The maximum Gasteiger partial charge on any atom is 0.410 e. The highest BCUT2D eigenvalue weighted by Gasteiger charge is 2.27. The smallest absolute Gasteiger partial charge is 0.410 e. The van der Waals surface area contributed by atoms with Crippen LogP contribution in [0.3, 0.4) is 0 Å². The van der Waals surface area contributed by atoms with Crippen LogP contribution in [0.4, 0.5) is 4.79 Å². The molecule has 0 aliphatic carbocycles. The van der Waals surface area contributed by atoms with Crippen LogP contribution in [0.25, 0.3) is 48.7 Å². The minimum Gasteiger partial charge on any atom is -0.466 e. The molecule has 1 atom stereocenters. The number of aryl methyl sites for hydroxylation is 1. The summed E-state index contributed by atoms with van der Waals surface area (Å²) < 4.78 is 13.8. The van der Waals surface area contributed by atoms with Crippen LogP contribution < -0.4 is 0 Å². The van der Waals surface area contributed by atoms with Gasteiger partial charge in [0.05, 0.1) is 40.8 Å². The number of pyridine rings is 1. The molecule has 0 N–H and O–H groups in total. The summed E-state index contributed by atoms with van der Waals surface area (Å²) in [5.41, 5.74) is 8.45. The van der Waals surface area contributed by atoms with Gasteiger partial charge >= 0.3 is 12.1 Å². The second-order valence-electron chi connectivity index (χ2n) is 12.2. The van der Waals surface area contributed by atoms with E-state index in [9.17, 15) is 9.59 Å². The van der Waals surface area contributed by atoms with Crippen molar-refractivity contribution in [2.45, 2.75) is 53.1 Å². The Hall–Kier alpha value is -3.12. The number of ether oxygens (including phenoxy) is 2. The van der Waals surface area contributed by atoms with Gasteiger partial charge in [0.25, 0.3) is 0 Å². The summed E-state index contributed by atoms with van der Waals surface area (Å²) in [6.07, 6.45) is 2.94. The van der Waals surface area contributed by atoms with Crippen molar-refractivity contribution < 1.29 is 19.1 Å². The first-order chi connectivity index (χ1) is 22.5. The zero-order chi connectivity index (χ0) is 33.5. The first-order valence-electron chi connectivity index (χ1n) is 15.2. The molecule has 1 aliphatic heterocycles. The topological polar surface area (TPSA) is 99.4 Å². The predicted octanol–water partition coefficient (Wildman–Crippen LogP) is 9.26. The Bertz CT molecular complexity index is 2040. The molecule has 0 bridgehead atoms. The number of halogens is 2. The van der Waals surface area contributed by atoms with Gasteiger partial charge in [-0.1, -0.05) is 29.8 Å². The maximum atomic E-state index is 12.7. The van der Waals surface area contributed by atoms with Crippen LogP contribution >= 0.6 is 51.4 Å². The quantitative estimate of drug-likeness (QED) is 0.0920. The van der Waals surface area contributed by atoms with E-state index in [-0.39, 0.29) is 18.5 Å². The molecule has 0 saturated heterocycles. The van der Waals surface area contributed by atoms with Crippen molar-refractivity contribution in [1.29, 1.82) is 0 Å². The molecular formula is C34H34ClIN5O4PS. The molecule has 1 unspecified atom stereocenters. The Morgan fingerprint density at radius 3 is 2.55 bits per heavy atom. The van der Waals surface area contributed by atoms with Crippen molar-refractivity contribution in [3.8, 4) is 21.8 Å². The van der Waals surface area contributed by atoms with E-state index in [1.54, 1.807) is 16.2 Å². The lowest BCUT2D eigenvalue weighted by atomic mass is 9.93. The molecule has 244 valence electrons. The average Bonchev–Trinajstić information content (AvgIpc) is 3.62. The molecule has 47 heavy (non-hydrogen) atoms. The first-order valence-corrected chi connectivity index (χ1v) is 20.5. The van der Waals surface area contributed by atoms with E-state index in [0.29, 0.717) is 37.5 Å². The van der Waals surface area contributed by atoms with Gasteiger partial charge in [0, 0.05) is 23.7 Å². The highest BCUT2D eigenvalue weighted by molar-refractivity contribution is 14.2. The molecule has 0 fully saturated rings. The lowest BCUT2D eigenvalue weighted by Gasteiger charge is -2.29. The molecular weight excluding hydrogens is 768 g/mol. The van der Waals surface area contributed by atoms with Gasteiger partial charge in [0.1, 0.15) is 21.8 Å². The largest absolute Gasteiger partial charge is 0.466 e. The van der Waals surface area contributed by atoms with Gasteiger partial charge in [-0.05, 0) is 116 Å². The molecule has 1 aliphatic rings. The van der Waals surface area contributed by atoms with E-state index in [0.717, 1.165) is 65.5 Å². The summed E-state index contributed by atoms with van der Waals surface area (Å²) in [5.74, 6) is -0.270. The Kier molecular flexibility index (Phi) is 9.90. The Morgan fingerprint density at radius 2 is 1.89 bits per heavy atom. The average molecular weight is 802 g/mol. The molecule has 0 radical (unpaired) electrons. The lowest BCUT2D eigenvalue weighted by Crippen LogP contribution is -2.39. The fourth-order valence-electron chi connectivity index (χ4n) is 5.63. The summed E-state index contributed by atoms with van der Waals surface area (Å²) in [7, 11) is 0. The van der Waals surface area contributed by atoms with Crippen LogP contribution in [0.15, 0.2) is 48.5 Å². The molecule has 1 amide bonds. The number of aromatic nitrogens is 4. The number of carbonyl (C=O) groups excluding carboxylic acids is 2. The summed E-state index contributed by atoms with van der Waals surface area (Å²) in [4.78, 5) is 37.3. The molecule has 13 heteroatoms. The minimum absolute atomic E-state index is 0.158. The van der Waals surface area contributed by atoms with Crippen molar-refractivity contribution in [2.24, 2.45) is 0 Å². The lowest BCUT2D eigenvalue weighted by molar-refractivity contribution is -0.142. The van der Waals surface area contributed by atoms with Gasteiger partial charge < -0.3 is 14.4 Å². The number of benzene rings is 2. The number of fused-ring (bicyclic) bond motifs is 2. The van der Waals surface area contributed by atoms with E-state index < -0.39 is 5.60 Å². The zero-order valence-corrected chi connectivity index (χ0v) is 31.4. The van der Waals surface area contributed by atoms with E-state index in [2.05, 4.69) is 28.1 Å². The van der Waals surface area contributed by atoms with Crippen molar-refractivity contribution in [2.75, 3.05) is 19.7 Å². The summed E-state index contributed by atoms with van der Waals surface area (Å²) in [5, 5.41) is 6.36. The Labute approximate surface area is 297 Å².